The molecule has 4 rings (SSSR count). The lowest BCUT2D eigenvalue weighted by atomic mass is 10.0. The summed E-state index contributed by atoms with van der Waals surface area (Å²) >= 11 is 0. The summed E-state index contributed by atoms with van der Waals surface area (Å²) < 4.78 is 0. The molecule has 4 aromatic rings. The molecule has 0 aliphatic heterocycles. The number of aromatic amines is 1. The molecule has 5 heteroatoms. The van der Waals surface area contributed by atoms with Gasteiger partial charge in [0.25, 0.3) is 11.5 Å². The Morgan fingerprint density at radius 3 is 2.53 bits per heavy atom. The number of rotatable bonds is 4. The Morgan fingerprint density at radius 1 is 1.00 bits per heavy atom. The van der Waals surface area contributed by atoms with E-state index in [0.717, 1.165) is 33.3 Å². The van der Waals surface area contributed by atoms with Crippen LogP contribution in [0.3, 0.4) is 0 Å². The monoisotopic (exact) mass is 397 g/mol. The Bertz CT molecular complexity index is 1290. The molecule has 0 spiro atoms. The van der Waals surface area contributed by atoms with Crippen LogP contribution in [0.1, 0.15) is 32.6 Å². The number of pyridine rings is 2. The van der Waals surface area contributed by atoms with Gasteiger partial charge in [-0.25, -0.2) is 0 Å². The average Bonchev–Trinajstić information content (AvgIpc) is 2.75. The predicted octanol–water partition coefficient (Wildman–Crippen LogP) is 4.70. The maximum atomic E-state index is 13.4. The van der Waals surface area contributed by atoms with E-state index in [1.165, 1.54) is 0 Å². The highest BCUT2D eigenvalue weighted by molar-refractivity contribution is 6.06. The smallest absolute Gasteiger partial charge is 0.258 e. The first kappa shape index (κ1) is 19.6. The highest BCUT2D eigenvalue weighted by Crippen LogP contribution is 2.26. The zero-order chi connectivity index (χ0) is 21.3. The van der Waals surface area contributed by atoms with Crippen LogP contribution in [0.15, 0.2) is 71.8 Å². The van der Waals surface area contributed by atoms with E-state index in [0.29, 0.717) is 11.1 Å². The fourth-order valence-electron chi connectivity index (χ4n) is 3.60. The van der Waals surface area contributed by atoms with Crippen LogP contribution >= 0.6 is 0 Å². The Morgan fingerprint density at radius 2 is 1.77 bits per heavy atom. The average molecular weight is 397 g/mol. The summed E-state index contributed by atoms with van der Waals surface area (Å²) in [5.41, 5.74) is 5.66. The van der Waals surface area contributed by atoms with Crippen LogP contribution in [-0.4, -0.2) is 15.9 Å². The molecule has 2 aromatic carbocycles. The first-order valence-electron chi connectivity index (χ1n) is 9.85. The maximum Gasteiger partial charge on any atom is 0.258 e. The van der Waals surface area contributed by atoms with Crippen molar-refractivity contribution in [2.24, 2.45) is 0 Å². The second-order valence-corrected chi connectivity index (χ2v) is 7.56. The Balaban J connectivity index is 1.83. The fraction of sp³-hybridized carbons (Fsp3) is 0.160. The van der Waals surface area contributed by atoms with Crippen LogP contribution in [0, 0.1) is 20.8 Å². The van der Waals surface area contributed by atoms with Crippen molar-refractivity contribution in [2.75, 3.05) is 4.90 Å². The molecule has 2 aromatic heterocycles. The first-order valence-corrected chi connectivity index (χ1v) is 9.85. The molecule has 2 heterocycles. The van der Waals surface area contributed by atoms with Crippen molar-refractivity contribution in [2.45, 2.75) is 27.3 Å². The van der Waals surface area contributed by atoms with E-state index >= 15 is 0 Å². The molecule has 0 bridgehead atoms. The number of carbonyl (C=O) groups is 1. The van der Waals surface area contributed by atoms with E-state index in [2.05, 4.69) is 9.97 Å². The van der Waals surface area contributed by atoms with E-state index < -0.39 is 0 Å². The van der Waals surface area contributed by atoms with Gasteiger partial charge in [0, 0.05) is 34.7 Å². The van der Waals surface area contributed by atoms with Crippen LogP contribution in [0.2, 0.25) is 0 Å². The number of aryl methyl sites for hydroxylation is 2. The number of nitrogens with one attached hydrogen (secondary N) is 1. The van der Waals surface area contributed by atoms with Crippen molar-refractivity contribution in [3.05, 3.63) is 105 Å². The summed E-state index contributed by atoms with van der Waals surface area (Å²) in [5.74, 6) is -0.171. The molecule has 0 saturated carbocycles. The number of H-pyrrole nitrogens is 1. The second-order valence-electron chi connectivity index (χ2n) is 7.56. The lowest BCUT2D eigenvalue weighted by Gasteiger charge is -2.25. The topological polar surface area (TPSA) is 66.1 Å². The van der Waals surface area contributed by atoms with Crippen LogP contribution in [-0.2, 0) is 6.54 Å². The summed E-state index contributed by atoms with van der Waals surface area (Å²) in [6, 6.07) is 17.0. The van der Waals surface area contributed by atoms with Crippen molar-refractivity contribution in [3.63, 3.8) is 0 Å². The van der Waals surface area contributed by atoms with Gasteiger partial charge in [-0.3, -0.25) is 14.6 Å². The van der Waals surface area contributed by atoms with Gasteiger partial charge in [0.2, 0.25) is 0 Å². The van der Waals surface area contributed by atoms with Gasteiger partial charge < -0.3 is 9.88 Å². The van der Waals surface area contributed by atoms with Crippen molar-refractivity contribution in [3.8, 4) is 0 Å². The zero-order valence-corrected chi connectivity index (χ0v) is 17.3. The normalized spacial score (nSPS) is 10.9. The van der Waals surface area contributed by atoms with Gasteiger partial charge in [-0.15, -0.1) is 0 Å². The zero-order valence-electron chi connectivity index (χ0n) is 17.3. The fourth-order valence-corrected chi connectivity index (χ4v) is 3.60. The summed E-state index contributed by atoms with van der Waals surface area (Å²) in [5, 5.41) is 0.946. The van der Waals surface area contributed by atoms with Crippen molar-refractivity contribution < 1.29 is 4.79 Å². The molecule has 0 unspecified atom stereocenters. The van der Waals surface area contributed by atoms with Crippen molar-refractivity contribution in [1.82, 2.24) is 9.97 Å². The van der Waals surface area contributed by atoms with Gasteiger partial charge in [-0.2, -0.15) is 0 Å². The molecule has 0 fully saturated rings. The molecule has 0 aliphatic rings. The van der Waals surface area contributed by atoms with Crippen LogP contribution in [0.5, 0.6) is 0 Å². The van der Waals surface area contributed by atoms with E-state index in [1.807, 2.05) is 63.2 Å². The maximum absolute atomic E-state index is 13.4. The number of nitrogens with zero attached hydrogens (tertiary/aromatic N) is 2. The number of hydrogen-bond donors (Lipinski definition) is 1. The summed E-state index contributed by atoms with van der Waals surface area (Å²) in [4.78, 5) is 34.8. The second kappa shape index (κ2) is 7.95. The molecular weight excluding hydrogens is 374 g/mol. The first-order chi connectivity index (χ1) is 14.4. The number of carbonyl (C=O) groups excluding carboxylic acids is 1. The van der Waals surface area contributed by atoms with E-state index in [-0.39, 0.29) is 18.0 Å². The minimum Gasteiger partial charge on any atom is -0.322 e. The van der Waals surface area contributed by atoms with Gasteiger partial charge in [0.1, 0.15) is 0 Å². The molecule has 1 N–H and O–H groups in total. The van der Waals surface area contributed by atoms with Gasteiger partial charge in [-0.1, -0.05) is 23.8 Å². The summed E-state index contributed by atoms with van der Waals surface area (Å²) in [6.07, 6.45) is 3.19. The molecule has 0 saturated heterocycles. The predicted molar refractivity (Wildman–Crippen MR) is 120 cm³/mol. The lowest BCUT2D eigenvalue weighted by Crippen LogP contribution is -2.33. The number of amides is 1. The van der Waals surface area contributed by atoms with E-state index in [1.54, 1.807) is 29.4 Å². The van der Waals surface area contributed by atoms with Gasteiger partial charge in [-0.05, 0) is 73.7 Å². The van der Waals surface area contributed by atoms with E-state index in [4.69, 9.17) is 0 Å². The number of hydrogen-bond acceptors (Lipinski definition) is 3. The molecular formula is C25H23N3O2. The molecule has 1 amide bonds. The van der Waals surface area contributed by atoms with Crippen LogP contribution in [0.25, 0.3) is 10.9 Å². The Hall–Kier alpha value is -3.73. The molecule has 5 nitrogen and oxygen atoms in total. The third kappa shape index (κ3) is 3.74. The SMILES string of the molecule is Cc1ccc2[nH]c(=O)c(CN(C(=O)c3ccncc3)c3cccc(C)c3C)cc2c1. The van der Waals surface area contributed by atoms with Gasteiger partial charge in [0.05, 0.1) is 6.54 Å². The number of aromatic nitrogens is 2. The van der Waals surface area contributed by atoms with Crippen LogP contribution in [0.4, 0.5) is 5.69 Å². The highest BCUT2D eigenvalue weighted by Gasteiger charge is 2.21. The highest BCUT2D eigenvalue weighted by atomic mass is 16.2. The quantitative estimate of drug-likeness (QED) is 0.543. The molecule has 30 heavy (non-hydrogen) atoms. The molecule has 0 aliphatic carbocycles. The number of fused-ring (bicyclic) bond motifs is 1. The minimum absolute atomic E-state index is 0.171. The number of anilines is 1. The lowest BCUT2D eigenvalue weighted by molar-refractivity contribution is 0.0985. The standard InChI is InChI=1S/C25H23N3O2/c1-16-7-8-22-20(13-16)14-21(24(29)27-22)15-28(23-6-4-5-17(2)18(23)3)25(30)19-9-11-26-12-10-19/h4-14H,15H2,1-3H3,(H,27,29). The third-order valence-electron chi connectivity index (χ3n) is 5.44. The number of benzene rings is 2. The largest absolute Gasteiger partial charge is 0.322 e. The minimum atomic E-state index is -0.191. The summed E-state index contributed by atoms with van der Waals surface area (Å²) in [7, 11) is 0. The Labute approximate surface area is 175 Å². The Kier molecular flexibility index (Phi) is 5.19. The van der Waals surface area contributed by atoms with Crippen LogP contribution < -0.4 is 10.5 Å². The van der Waals surface area contributed by atoms with E-state index in [9.17, 15) is 9.59 Å². The molecule has 150 valence electrons. The molecule has 0 atom stereocenters. The van der Waals surface area contributed by atoms with Crippen molar-refractivity contribution in [1.29, 1.82) is 0 Å². The van der Waals surface area contributed by atoms with Crippen molar-refractivity contribution >= 4 is 22.5 Å². The summed E-state index contributed by atoms with van der Waals surface area (Å²) in [6.45, 7) is 6.19. The van der Waals surface area contributed by atoms with Gasteiger partial charge in [0.15, 0.2) is 0 Å². The molecule has 0 radical (unpaired) electrons. The third-order valence-corrected chi connectivity index (χ3v) is 5.44. The van der Waals surface area contributed by atoms with Gasteiger partial charge >= 0.3 is 0 Å².